The highest BCUT2D eigenvalue weighted by Crippen LogP contribution is 2.31. The first kappa shape index (κ1) is 22.6. The van der Waals surface area contributed by atoms with Crippen molar-refractivity contribution in [3.05, 3.63) is 48.8 Å². The van der Waals surface area contributed by atoms with E-state index in [1.807, 2.05) is 4.90 Å². The number of alkyl halides is 2. The van der Waals surface area contributed by atoms with Crippen molar-refractivity contribution in [3.8, 4) is 0 Å². The average molecular weight is 482 g/mol. The number of para-hydroxylation sites is 1. The van der Waals surface area contributed by atoms with Gasteiger partial charge < -0.3 is 10.3 Å². The van der Waals surface area contributed by atoms with Gasteiger partial charge in [0, 0.05) is 48.9 Å². The number of nitrogens with zero attached hydrogens (tertiary/aromatic N) is 3. The fraction of sp³-hybridized carbons (Fsp3) is 0.300. The summed E-state index contributed by atoms with van der Waals surface area (Å²) in [6.07, 6.45) is 3.03. The Bertz CT molecular complexity index is 1210. The zero-order valence-corrected chi connectivity index (χ0v) is 18.5. The van der Waals surface area contributed by atoms with Gasteiger partial charge in [-0.1, -0.05) is 23.9 Å². The van der Waals surface area contributed by atoms with Crippen molar-refractivity contribution in [1.29, 1.82) is 0 Å². The van der Waals surface area contributed by atoms with E-state index in [9.17, 15) is 22.0 Å². The summed E-state index contributed by atoms with van der Waals surface area (Å²) in [5.41, 5.74) is 0.837. The molecule has 1 aliphatic heterocycles. The van der Waals surface area contributed by atoms with Crippen molar-refractivity contribution < 1.29 is 22.0 Å². The Morgan fingerprint density at radius 1 is 1.16 bits per heavy atom. The normalized spacial score (nSPS) is 16.0. The number of sulfonamides is 1. The number of carbonyl (C=O) groups excluding carboxylic acids is 1. The molecule has 1 aromatic carbocycles. The molecule has 1 saturated heterocycles. The maximum Gasteiger partial charge on any atom is 0.288 e. The van der Waals surface area contributed by atoms with Crippen LogP contribution in [0.5, 0.6) is 0 Å². The van der Waals surface area contributed by atoms with Crippen LogP contribution >= 0.6 is 11.8 Å². The Morgan fingerprint density at radius 3 is 2.66 bits per heavy atom. The largest absolute Gasteiger partial charge is 0.345 e. The number of carbonyl (C=O) groups is 1. The van der Waals surface area contributed by atoms with E-state index in [-0.39, 0.29) is 30.4 Å². The smallest absolute Gasteiger partial charge is 0.288 e. The number of rotatable bonds is 7. The van der Waals surface area contributed by atoms with Crippen LogP contribution in [0, 0.1) is 0 Å². The highest BCUT2D eigenvalue weighted by Gasteiger charge is 2.31. The Kier molecular flexibility index (Phi) is 6.74. The van der Waals surface area contributed by atoms with E-state index in [1.54, 1.807) is 36.5 Å². The van der Waals surface area contributed by atoms with Crippen molar-refractivity contribution in [2.45, 2.75) is 15.5 Å². The van der Waals surface area contributed by atoms with Crippen molar-refractivity contribution in [2.75, 3.05) is 38.0 Å². The first-order valence-corrected chi connectivity index (χ1v) is 12.1. The predicted octanol–water partition coefficient (Wildman–Crippen LogP) is 2.82. The fourth-order valence-corrected chi connectivity index (χ4v) is 5.74. The first-order valence-electron chi connectivity index (χ1n) is 9.83. The van der Waals surface area contributed by atoms with Crippen LogP contribution in [0.2, 0.25) is 0 Å². The molecule has 3 heterocycles. The van der Waals surface area contributed by atoms with Gasteiger partial charge >= 0.3 is 0 Å². The van der Waals surface area contributed by atoms with Gasteiger partial charge in [-0.15, -0.1) is 0 Å². The van der Waals surface area contributed by atoms with E-state index in [4.69, 9.17) is 0 Å². The summed E-state index contributed by atoms with van der Waals surface area (Å²) in [7, 11) is -3.70. The molecule has 8 nitrogen and oxygen atoms in total. The molecule has 12 heteroatoms. The minimum absolute atomic E-state index is 0.0403. The summed E-state index contributed by atoms with van der Waals surface area (Å²) in [5.74, 6) is -2.93. The van der Waals surface area contributed by atoms with E-state index < -0.39 is 15.8 Å². The lowest BCUT2D eigenvalue weighted by Crippen LogP contribution is -2.50. The second kappa shape index (κ2) is 9.53. The molecule has 1 fully saturated rings. The number of thioether (sulfide) groups is 1. The Labute approximate surface area is 188 Å². The molecule has 32 heavy (non-hydrogen) atoms. The number of nitrogens with one attached hydrogen (secondary N) is 2. The minimum atomic E-state index is -3.70. The number of anilines is 1. The fourth-order valence-electron chi connectivity index (χ4n) is 3.57. The standard InChI is InChI=1S/C20H21F2N5O3S2/c21-20(22)31-16-6-2-1-5-15(16)25-18(28)13-26-8-10-27(11-9-26)32(29,30)17-12-24-19-14(17)4-3-7-23-19/h1-7,12,20H,8-11,13H2,(H,23,24)(H,25,28). The highest BCUT2D eigenvalue weighted by molar-refractivity contribution is 7.99. The van der Waals surface area contributed by atoms with Gasteiger partial charge in [0.05, 0.1) is 12.2 Å². The highest BCUT2D eigenvalue weighted by atomic mass is 32.2. The Balaban J connectivity index is 1.36. The van der Waals surface area contributed by atoms with Gasteiger partial charge in [-0.3, -0.25) is 9.69 Å². The van der Waals surface area contributed by atoms with E-state index in [0.717, 1.165) is 0 Å². The molecule has 4 rings (SSSR count). The second-order valence-corrected chi connectivity index (χ2v) is 10.1. The molecular formula is C20H21F2N5O3S2. The molecule has 2 N–H and O–H groups in total. The number of hydrogen-bond donors (Lipinski definition) is 2. The minimum Gasteiger partial charge on any atom is -0.345 e. The van der Waals surface area contributed by atoms with Crippen LogP contribution < -0.4 is 5.32 Å². The summed E-state index contributed by atoms with van der Waals surface area (Å²) in [6, 6.07) is 9.78. The molecule has 3 aromatic rings. The topological polar surface area (TPSA) is 98.4 Å². The van der Waals surface area contributed by atoms with Crippen LogP contribution in [0.15, 0.2) is 58.6 Å². The van der Waals surface area contributed by atoms with Gasteiger partial charge in [0.25, 0.3) is 5.76 Å². The van der Waals surface area contributed by atoms with Crippen molar-refractivity contribution in [1.82, 2.24) is 19.2 Å². The monoisotopic (exact) mass is 481 g/mol. The van der Waals surface area contributed by atoms with E-state index in [2.05, 4.69) is 15.3 Å². The molecule has 0 saturated carbocycles. The third kappa shape index (κ3) is 4.93. The molecule has 170 valence electrons. The van der Waals surface area contributed by atoms with Crippen LogP contribution in [0.4, 0.5) is 14.5 Å². The molecule has 0 unspecified atom stereocenters. The zero-order valence-electron chi connectivity index (χ0n) is 16.9. The Morgan fingerprint density at radius 2 is 1.91 bits per heavy atom. The quantitative estimate of drug-likeness (QED) is 0.504. The van der Waals surface area contributed by atoms with Gasteiger partial charge in [-0.05, 0) is 24.3 Å². The second-order valence-electron chi connectivity index (χ2n) is 7.16. The maximum atomic E-state index is 13.1. The maximum absolute atomic E-state index is 13.1. The summed E-state index contributed by atoms with van der Waals surface area (Å²) in [4.78, 5) is 21.8. The van der Waals surface area contributed by atoms with Gasteiger partial charge in [0.1, 0.15) is 10.5 Å². The van der Waals surface area contributed by atoms with Gasteiger partial charge in [0.2, 0.25) is 15.9 Å². The number of H-pyrrole nitrogens is 1. The third-order valence-corrected chi connectivity index (χ3v) is 7.83. The van der Waals surface area contributed by atoms with Crippen LogP contribution in [0.25, 0.3) is 11.0 Å². The number of aromatic nitrogens is 2. The number of benzene rings is 1. The summed E-state index contributed by atoms with van der Waals surface area (Å²) in [6.45, 7) is 1.26. The van der Waals surface area contributed by atoms with Gasteiger partial charge in [-0.25, -0.2) is 13.4 Å². The van der Waals surface area contributed by atoms with Crippen LogP contribution in [-0.2, 0) is 14.8 Å². The lowest BCUT2D eigenvalue weighted by atomic mass is 10.3. The molecule has 1 amide bonds. The number of aromatic amines is 1. The van der Waals surface area contributed by atoms with E-state index in [1.165, 1.54) is 16.6 Å². The number of amides is 1. The van der Waals surface area contributed by atoms with Crippen LogP contribution in [-0.4, -0.2) is 72.0 Å². The molecule has 0 aliphatic carbocycles. The summed E-state index contributed by atoms with van der Waals surface area (Å²) >= 11 is 0.373. The number of fused-ring (bicyclic) bond motifs is 1. The molecule has 0 bridgehead atoms. The number of halogens is 2. The van der Waals surface area contributed by atoms with Crippen molar-refractivity contribution in [3.63, 3.8) is 0 Å². The predicted molar refractivity (Wildman–Crippen MR) is 118 cm³/mol. The van der Waals surface area contributed by atoms with E-state index >= 15 is 0 Å². The third-order valence-electron chi connectivity index (χ3n) is 5.11. The van der Waals surface area contributed by atoms with Gasteiger partial charge in [0.15, 0.2) is 0 Å². The molecule has 0 radical (unpaired) electrons. The van der Waals surface area contributed by atoms with Crippen LogP contribution in [0.3, 0.4) is 0 Å². The van der Waals surface area contributed by atoms with E-state index in [0.29, 0.717) is 46.5 Å². The lowest BCUT2D eigenvalue weighted by Gasteiger charge is -2.33. The first-order chi connectivity index (χ1) is 15.3. The lowest BCUT2D eigenvalue weighted by molar-refractivity contribution is -0.117. The molecule has 0 spiro atoms. The number of hydrogen-bond acceptors (Lipinski definition) is 6. The zero-order chi connectivity index (χ0) is 22.7. The number of piperazine rings is 1. The molecule has 2 aromatic heterocycles. The van der Waals surface area contributed by atoms with Gasteiger partial charge in [-0.2, -0.15) is 13.1 Å². The van der Waals surface area contributed by atoms with Crippen LogP contribution in [0.1, 0.15) is 0 Å². The number of pyridine rings is 1. The molecular weight excluding hydrogens is 460 g/mol. The SMILES string of the molecule is O=C(CN1CCN(S(=O)(=O)c2c[nH]c3ncccc23)CC1)Nc1ccccc1SC(F)F. The van der Waals surface area contributed by atoms with Crippen molar-refractivity contribution in [2.24, 2.45) is 0 Å². The summed E-state index contributed by atoms with van der Waals surface area (Å²) in [5, 5.41) is 3.21. The Hall–Kier alpha value is -2.54. The summed E-state index contributed by atoms with van der Waals surface area (Å²) < 4.78 is 53.0. The average Bonchev–Trinajstić information content (AvgIpc) is 3.20. The molecule has 0 atom stereocenters. The molecule has 1 aliphatic rings. The van der Waals surface area contributed by atoms with Crippen molar-refractivity contribution >= 4 is 44.4 Å².